The first-order chi connectivity index (χ1) is 8.72. The molecule has 1 aromatic carbocycles. The minimum atomic E-state index is -0.293. The smallest absolute Gasteiger partial charge is 0.255 e. The molecule has 0 atom stereocenters. The molecule has 0 bridgehead atoms. The number of H-pyrrole nitrogens is 1. The third kappa shape index (κ3) is 2.48. The minimum Gasteiger partial charge on any atom is -0.496 e. The van der Waals surface area contributed by atoms with E-state index in [4.69, 9.17) is 4.74 Å². The highest BCUT2D eigenvalue weighted by atomic mass is 16.5. The summed E-state index contributed by atoms with van der Waals surface area (Å²) in [5.74, 6) is 0.327. The van der Waals surface area contributed by atoms with Crippen LogP contribution in [0, 0.1) is 0 Å². The van der Waals surface area contributed by atoms with Crippen LogP contribution in [0.2, 0.25) is 0 Å². The van der Waals surface area contributed by atoms with Gasteiger partial charge in [0.05, 0.1) is 12.7 Å². The molecular weight excluding hydrogens is 230 g/mol. The van der Waals surface area contributed by atoms with Crippen LogP contribution in [0.3, 0.4) is 0 Å². The van der Waals surface area contributed by atoms with Gasteiger partial charge < -0.3 is 9.72 Å². The zero-order chi connectivity index (χ0) is 13.0. The van der Waals surface area contributed by atoms with E-state index in [9.17, 15) is 9.59 Å². The molecular formula is C14H13NO3. The molecule has 1 aromatic heterocycles. The Morgan fingerprint density at radius 2 is 1.94 bits per heavy atom. The molecule has 0 unspecified atom stereocenters. The molecule has 0 saturated carbocycles. The Morgan fingerprint density at radius 3 is 2.61 bits per heavy atom. The van der Waals surface area contributed by atoms with Gasteiger partial charge in [-0.05, 0) is 6.07 Å². The second-order valence-corrected chi connectivity index (χ2v) is 3.82. The van der Waals surface area contributed by atoms with E-state index in [0.29, 0.717) is 16.9 Å². The number of ketones is 1. The van der Waals surface area contributed by atoms with Gasteiger partial charge in [0.2, 0.25) is 0 Å². The number of Topliss-reactive ketones (excluding diaryl/α,β-unsaturated/α-hetero) is 1. The second kappa shape index (κ2) is 5.31. The average Bonchev–Trinajstić information content (AvgIpc) is 2.42. The van der Waals surface area contributed by atoms with Gasteiger partial charge in [-0.25, -0.2) is 0 Å². The van der Waals surface area contributed by atoms with Gasteiger partial charge >= 0.3 is 0 Å². The van der Waals surface area contributed by atoms with Crippen LogP contribution in [0.1, 0.15) is 15.9 Å². The van der Waals surface area contributed by atoms with E-state index in [-0.39, 0.29) is 17.8 Å². The minimum absolute atomic E-state index is 0.0311. The van der Waals surface area contributed by atoms with Crippen molar-refractivity contribution in [3.63, 3.8) is 0 Å². The first-order valence-corrected chi connectivity index (χ1v) is 5.55. The molecule has 18 heavy (non-hydrogen) atoms. The van der Waals surface area contributed by atoms with Gasteiger partial charge in [0, 0.05) is 18.2 Å². The van der Waals surface area contributed by atoms with E-state index in [2.05, 4.69) is 4.98 Å². The fraction of sp³-hybridized carbons (Fsp3) is 0.143. The van der Waals surface area contributed by atoms with Gasteiger partial charge in [-0.2, -0.15) is 0 Å². The Balaban J connectivity index is 2.30. The van der Waals surface area contributed by atoms with Crippen LogP contribution in [-0.2, 0) is 6.42 Å². The maximum atomic E-state index is 12.0. The number of carbonyl (C=O) groups excluding carboxylic acids is 1. The van der Waals surface area contributed by atoms with Crippen molar-refractivity contribution in [3.8, 4) is 5.75 Å². The number of hydrogen-bond acceptors (Lipinski definition) is 3. The summed E-state index contributed by atoms with van der Waals surface area (Å²) in [5.41, 5.74) is 0.648. The van der Waals surface area contributed by atoms with E-state index in [1.54, 1.807) is 30.3 Å². The SMILES string of the molecule is COc1cc[nH]c(=O)c1CC(=O)c1ccccc1. The fourth-order valence-electron chi connectivity index (χ4n) is 1.74. The number of aromatic amines is 1. The Kier molecular flexibility index (Phi) is 3.57. The lowest BCUT2D eigenvalue weighted by Crippen LogP contribution is -2.17. The van der Waals surface area contributed by atoms with Crippen molar-refractivity contribution >= 4 is 5.78 Å². The third-order valence-corrected chi connectivity index (χ3v) is 2.67. The largest absolute Gasteiger partial charge is 0.496 e. The van der Waals surface area contributed by atoms with Gasteiger partial charge in [-0.1, -0.05) is 30.3 Å². The number of nitrogens with one attached hydrogen (secondary N) is 1. The average molecular weight is 243 g/mol. The maximum Gasteiger partial charge on any atom is 0.255 e. The first-order valence-electron chi connectivity index (χ1n) is 5.55. The third-order valence-electron chi connectivity index (χ3n) is 2.67. The molecule has 0 saturated heterocycles. The first kappa shape index (κ1) is 12.1. The summed E-state index contributed by atoms with van der Waals surface area (Å²) < 4.78 is 5.09. The van der Waals surface area contributed by atoms with Crippen molar-refractivity contribution in [3.05, 3.63) is 64.1 Å². The molecule has 0 spiro atoms. The highest BCUT2D eigenvalue weighted by Crippen LogP contribution is 2.15. The summed E-state index contributed by atoms with van der Waals surface area (Å²) in [5, 5.41) is 0. The molecule has 0 fully saturated rings. The lowest BCUT2D eigenvalue weighted by molar-refractivity contribution is 0.0991. The van der Waals surface area contributed by atoms with Crippen LogP contribution < -0.4 is 10.3 Å². The van der Waals surface area contributed by atoms with Crippen molar-refractivity contribution in [2.75, 3.05) is 7.11 Å². The molecule has 2 rings (SSSR count). The summed E-state index contributed by atoms with van der Waals surface area (Å²) in [4.78, 5) is 26.2. The van der Waals surface area contributed by atoms with Crippen molar-refractivity contribution in [2.24, 2.45) is 0 Å². The van der Waals surface area contributed by atoms with Crippen molar-refractivity contribution < 1.29 is 9.53 Å². The number of pyridine rings is 1. The molecule has 0 aliphatic rings. The monoisotopic (exact) mass is 243 g/mol. The molecule has 0 aliphatic carbocycles. The molecule has 1 N–H and O–H groups in total. The predicted octanol–water partition coefficient (Wildman–Crippen LogP) is 1.81. The lowest BCUT2D eigenvalue weighted by Gasteiger charge is -2.06. The van der Waals surface area contributed by atoms with Gasteiger partial charge in [0.15, 0.2) is 5.78 Å². The van der Waals surface area contributed by atoms with E-state index < -0.39 is 0 Å². The maximum absolute atomic E-state index is 12.0. The predicted molar refractivity (Wildman–Crippen MR) is 68.1 cm³/mol. The number of hydrogen-bond donors (Lipinski definition) is 1. The normalized spacial score (nSPS) is 10.1. The van der Waals surface area contributed by atoms with Gasteiger partial charge in [-0.3, -0.25) is 9.59 Å². The zero-order valence-electron chi connectivity index (χ0n) is 9.97. The molecule has 4 nitrogen and oxygen atoms in total. The van der Waals surface area contributed by atoms with Crippen LogP contribution in [0.25, 0.3) is 0 Å². The number of carbonyl (C=O) groups is 1. The number of rotatable bonds is 4. The number of ether oxygens (including phenoxy) is 1. The number of benzene rings is 1. The Labute approximate surface area is 104 Å². The number of aromatic nitrogens is 1. The fourth-order valence-corrected chi connectivity index (χ4v) is 1.74. The van der Waals surface area contributed by atoms with Gasteiger partial charge in [0.25, 0.3) is 5.56 Å². The van der Waals surface area contributed by atoms with Crippen molar-refractivity contribution in [1.82, 2.24) is 4.98 Å². The number of methoxy groups -OCH3 is 1. The molecule has 0 aliphatic heterocycles. The van der Waals surface area contributed by atoms with Gasteiger partial charge in [-0.15, -0.1) is 0 Å². The Bertz CT molecular complexity index is 602. The molecule has 0 amide bonds. The summed E-state index contributed by atoms with van der Waals surface area (Å²) in [7, 11) is 1.48. The highest BCUT2D eigenvalue weighted by Gasteiger charge is 2.13. The lowest BCUT2D eigenvalue weighted by atomic mass is 10.0. The quantitative estimate of drug-likeness (QED) is 0.833. The van der Waals surface area contributed by atoms with Crippen molar-refractivity contribution in [2.45, 2.75) is 6.42 Å². The van der Waals surface area contributed by atoms with Crippen molar-refractivity contribution in [1.29, 1.82) is 0 Å². The highest BCUT2D eigenvalue weighted by molar-refractivity contribution is 5.97. The zero-order valence-corrected chi connectivity index (χ0v) is 9.97. The molecule has 0 radical (unpaired) electrons. The molecule has 4 heteroatoms. The Morgan fingerprint density at radius 1 is 1.22 bits per heavy atom. The summed E-state index contributed by atoms with van der Waals surface area (Å²) in [6.45, 7) is 0. The van der Waals surface area contributed by atoms with Crippen LogP contribution in [0.5, 0.6) is 5.75 Å². The van der Waals surface area contributed by atoms with E-state index in [0.717, 1.165) is 0 Å². The van der Waals surface area contributed by atoms with E-state index in [1.807, 2.05) is 6.07 Å². The van der Waals surface area contributed by atoms with Crippen LogP contribution >= 0.6 is 0 Å². The Hall–Kier alpha value is -2.36. The van der Waals surface area contributed by atoms with E-state index in [1.165, 1.54) is 13.3 Å². The molecule has 1 heterocycles. The summed E-state index contributed by atoms with van der Waals surface area (Å²) in [6.07, 6.45) is 1.53. The van der Waals surface area contributed by atoms with Crippen LogP contribution in [0.4, 0.5) is 0 Å². The van der Waals surface area contributed by atoms with Crippen LogP contribution in [0.15, 0.2) is 47.4 Å². The summed E-state index contributed by atoms with van der Waals surface area (Å²) in [6, 6.07) is 10.5. The molecule has 92 valence electrons. The second-order valence-electron chi connectivity index (χ2n) is 3.82. The topological polar surface area (TPSA) is 59.2 Å². The standard InChI is InChI=1S/C14H13NO3/c1-18-13-7-8-15-14(17)11(13)9-12(16)10-5-3-2-4-6-10/h2-8H,9H2,1H3,(H,15,17). The van der Waals surface area contributed by atoms with Gasteiger partial charge in [0.1, 0.15) is 5.75 Å². The summed E-state index contributed by atoms with van der Waals surface area (Å²) >= 11 is 0. The molecule has 2 aromatic rings. The van der Waals surface area contributed by atoms with E-state index >= 15 is 0 Å². The van der Waals surface area contributed by atoms with Crippen LogP contribution in [-0.4, -0.2) is 17.9 Å².